The molecule has 0 fully saturated rings. The van der Waals surface area contributed by atoms with Crippen LogP contribution >= 0.6 is 46.4 Å². The summed E-state index contributed by atoms with van der Waals surface area (Å²) >= 11 is 19.3. The van der Waals surface area contributed by atoms with E-state index >= 15 is 0 Å². The van der Waals surface area contributed by atoms with Gasteiger partial charge in [0, 0.05) is 0 Å². The maximum Gasteiger partial charge on any atom is 0.266 e. The lowest BCUT2D eigenvalue weighted by Crippen LogP contribution is -1.82. The van der Waals surface area contributed by atoms with Crippen LogP contribution < -0.4 is 0 Å². The fourth-order valence-electron chi connectivity index (χ4n) is 0.898. The van der Waals surface area contributed by atoms with Crippen LogP contribution in [0.5, 0.6) is 0 Å². The van der Waals surface area contributed by atoms with Crippen molar-refractivity contribution in [3.8, 4) is 0 Å². The average molecular weight is 274 g/mol. The van der Waals surface area contributed by atoms with Gasteiger partial charge in [0.2, 0.25) is 0 Å². The van der Waals surface area contributed by atoms with Crippen molar-refractivity contribution in [2.24, 2.45) is 0 Å². The second-order valence-corrected chi connectivity index (χ2v) is 6.37. The molecule has 0 nitrogen and oxygen atoms in total. The van der Waals surface area contributed by atoms with E-state index in [1.165, 1.54) is 16.7 Å². The summed E-state index contributed by atoms with van der Waals surface area (Å²) in [7, 11) is 0. The third kappa shape index (κ3) is 7.75. The second kappa shape index (κ2) is 6.07. The van der Waals surface area contributed by atoms with Crippen molar-refractivity contribution < 1.29 is 0 Å². The second-order valence-electron chi connectivity index (χ2n) is 2.95. The lowest BCUT2D eigenvalue weighted by atomic mass is 10.1. The summed E-state index contributed by atoms with van der Waals surface area (Å²) in [4.78, 5) is 0. The SMILES string of the molecule is Cc1cccc(C)c1C.ClC(Cl)(Cl)Cl. The molecule has 1 rings (SSSR count). The average Bonchev–Trinajstić information content (AvgIpc) is 1.97. The monoisotopic (exact) mass is 272 g/mol. The lowest BCUT2D eigenvalue weighted by Gasteiger charge is -2.00. The fraction of sp³-hybridized carbons (Fsp3) is 0.400. The normalized spacial score (nSPS) is 10.5. The van der Waals surface area contributed by atoms with Gasteiger partial charge in [-0.3, -0.25) is 0 Å². The number of rotatable bonds is 0. The molecule has 1 aromatic rings. The summed E-state index contributed by atoms with van der Waals surface area (Å²) in [6, 6.07) is 6.38. The van der Waals surface area contributed by atoms with Crippen molar-refractivity contribution >= 4 is 46.4 Å². The molecule has 0 aliphatic rings. The largest absolute Gasteiger partial charge is 0.266 e. The first kappa shape index (κ1) is 14.4. The molecule has 0 radical (unpaired) electrons. The molecular weight excluding hydrogens is 262 g/mol. The van der Waals surface area contributed by atoms with E-state index in [-0.39, 0.29) is 0 Å². The minimum atomic E-state index is -1.61. The molecule has 4 heteroatoms. The number of benzene rings is 1. The topological polar surface area (TPSA) is 0 Å². The van der Waals surface area contributed by atoms with Gasteiger partial charge in [0.25, 0.3) is 3.25 Å². The van der Waals surface area contributed by atoms with Crippen LogP contribution in [0.1, 0.15) is 16.7 Å². The Balaban J connectivity index is 0.000000292. The summed E-state index contributed by atoms with van der Waals surface area (Å²) in [6.45, 7) is 6.44. The van der Waals surface area contributed by atoms with E-state index in [4.69, 9.17) is 46.4 Å². The Kier molecular flexibility index (Phi) is 6.24. The van der Waals surface area contributed by atoms with Gasteiger partial charge >= 0.3 is 0 Å². The van der Waals surface area contributed by atoms with Gasteiger partial charge in [-0.15, -0.1) is 0 Å². The van der Waals surface area contributed by atoms with Crippen LogP contribution in [0.3, 0.4) is 0 Å². The van der Waals surface area contributed by atoms with E-state index in [2.05, 4.69) is 39.0 Å². The highest BCUT2D eigenvalue weighted by molar-refractivity contribution is 6.83. The summed E-state index contributed by atoms with van der Waals surface area (Å²) in [5.74, 6) is 0. The molecule has 0 heterocycles. The molecule has 0 unspecified atom stereocenters. The zero-order valence-corrected chi connectivity index (χ0v) is 11.3. The van der Waals surface area contributed by atoms with Crippen molar-refractivity contribution in [3.63, 3.8) is 0 Å². The molecule has 0 aliphatic heterocycles. The first-order valence-corrected chi connectivity index (χ1v) is 5.51. The molecule has 0 amide bonds. The predicted octanol–water partition coefficient (Wildman–Crippen LogP) is 5.16. The summed E-state index contributed by atoms with van der Waals surface area (Å²) in [5, 5.41) is 0. The number of hydrogen-bond acceptors (Lipinski definition) is 0. The van der Waals surface area contributed by atoms with Crippen molar-refractivity contribution in [1.29, 1.82) is 0 Å². The Bertz CT molecular complexity index is 262. The van der Waals surface area contributed by atoms with Gasteiger partial charge in [-0.1, -0.05) is 64.6 Å². The fourth-order valence-corrected chi connectivity index (χ4v) is 0.898. The predicted molar refractivity (Wildman–Crippen MR) is 66.8 cm³/mol. The minimum Gasteiger partial charge on any atom is -0.0664 e. The highest BCUT2D eigenvalue weighted by atomic mass is 35.6. The Labute approximate surface area is 105 Å². The molecule has 80 valence electrons. The summed E-state index contributed by atoms with van der Waals surface area (Å²) in [6.07, 6.45) is 0. The molecule has 0 atom stereocenters. The van der Waals surface area contributed by atoms with Crippen molar-refractivity contribution in [2.75, 3.05) is 0 Å². The highest BCUT2D eigenvalue weighted by Crippen LogP contribution is 2.29. The smallest absolute Gasteiger partial charge is 0.0664 e. The Morgan fingerprint density at radius 2 is 1.14 bits per heavy atom. The van der Waals surface area contributed by atoms with E-state index in [1.54, 1.807) is 0 Å². The van der Waals surface area contributed by atoms with Gasteiger partial charge in [0.05, 0.1) is 0 Å². The zero-order valence-electron chi connectivity index (χ0n) is 8.24. The number of hydrogen-bond donors (Lipinski definition) is 0. The highest BCUT2D eigenvalue weighted by Gasteiger charge is 2.11. The maximum atomic E-state index is 4.83. The Morgan fingerprint density at radius 1 is 0.857 bits per heavy atom. The first-order valence-electron chi connectivity index (χ1n) is 4.00. The van der Waals surface area contributed by atoms with Crippen LogP contribution in [-0.4, -0.2) is 3.25 Å². The molecule has 0 spiro atoms. The maximum absolute atomic E-state index is 4.83. The molecule has 0 bridgehead atoms. The number of alkyl halides is 4. The van der Waals surface area contributed by atoms with E-state index in [1.807, 2.05) is 0 Å². The molecule has 1 aromatic carbocycles. The quantitative estimate of drug-likeness (QED) is 0.573. The third-order valence-electron chi connectivity index (χ3n) is 1.88. The Hall–Kier alpha value is 0.380. The molecule has 0 aromatic heterocycles. The summed E-state index contributed by atoms with van der Waals surface area (Å²) < 4.78 is -1.61. The van der Waals surface area contributed by atoms with Crippen molar-refractivity contribution in [2.45, 2.75) is 24.0 Å². The number of aryl methyl sites for hydroxylation is 2. The van der Waals surface area contributed by atoms with Gasteiger partial charge in [0.15, 0.2) is 0 Å². The molecule has 0 saturated carbocycles. The van der Waals surface area contributed by atoms with Gasteiger partial charge in [-0.25, -0.2) is 0 Å². The van der Waals surface area contributed by atoms with Crippen LogP contribution in [0.4, 0.5) is 0 Å². The molecule has 0 saturated heterocycles. The van der Waals surface area contributed by atoms with E-state index in [0.717, 1.165) is 0 Å². The summed E-state index contributed by atoms with van der Waals surface area (Å²) in [5.41, 5.74) is 4.18. The van der Waals surface area contributed by atoms with Gasteiger partial charge in [-0.2, -0.15) is 0 Å². The van der Waals surface area contributed by atoms with E-state index < -0.39 is 3.25 Å². The van der Waals surface area contributed by atoms with Crippen molar-refractivity contribution in [1.82, 2.24) is 0 Å². The molecule has 0 aliphatic carbocycles. The van der Waals surface area contributed by atoms with Crippen LogP contribution in [-0.2, 0) is 0 Å². The first-order chi connectivity index (χ1) is 6.22. The van der Waals surface area contributed by atoms with Crippen LogP contribution in [0.25, 0.3) is 0 Å². The van der Waals surface area contributed by atoms with Crippen LogP contribution in [0, 0.1) is 20.8 Å². The van der Waals surface area contributed by atoms with E-state index in [9.17, 15) is 0 Å². The molecule has 0 N–H and O–H groups in total. The van der Waals surface area contributed by atoms with Gasteiger partial charge in [-0.05, 0) is 37.5 Å². The van der Waals surface area contributed by atoms with Crippen LogP contribution in [0.2, 0.25) is 0 Å². The molecule has 14 heavy (non-hydrogen) atoms. The van der Waals surface area contributed by atoms with Gasteiger partial charge < -0.3 is 0 Å². The van der Waals surface area contributed by atoms with Gasteiger partial charge in [0.1, 0.15) is 0 Å². The third-order valence-corrected chi connectivity index (χ3v) is 1.88. The minimum absolute atomic E-state index is 1.38. The standard InChI is InChI=1S/C9H12.CCl4/c1-7-5-4-6-8(2)9(7)3;2-1(3,4)5/h4-6H,1-3H3;. The lowest BCUT2D eigenvalue weighted by molar-refractivity contribution is 1.27. The molecular formula is C10H12Cl4. The van der Waals surface area contributed by atoms with Crippen molar-refractivity contribution in [3.05, 3.63) is 34.9 Å². The zero-order chi connectivity index (χ0) is 11.4. The van der Waals surface area contributed by atoms with Crippen LogP contribution in [0.15, 0.2) is 18.2 Å². The van der Waals surface area contributed by atoms with E-state index in [0.29, 0.717) is 0 Å². The number of halogens is 4. The Morgan fingerprint density at radius 3 is 1.36 bits per heavy atom.